The first-order chi connectivity index (χ1) is 9.32. The number of Topliss-reactive ketones (excluding diaryl/α,β-unsaturated/α-hetero) is 1. The van der Waals surface area contributed by atoms with Gasteiger partial charge in [-0.2, -0.15) is 0 Å². The highest BCUT2D eigenvalue weighted by Gasteiger charge is 2.13. The lowest BCUT2D eigenvalue weighted by atomic mass is 10.1. The maximum Gasteiger partial charge on any atom is 0.161 e. The van der Waals surface area contributed by atoms with Gasteiger partial charge in [-0.25, -0.2) is 0 Å². The minimum absolute atomic E-state index is 0.0279. The summed E-state index contributed by atoms with van der Waals surface area (Å²) in [5.74, 6) is 0.680. The fourth-order valence-electron chi connectivity index (χ4n) is 2.33. The molecule has 0 saturated heterocycles. The summed E-state index contributed by atoms with van der Waals surface area (Å²) in [5.41, 5.74) is 6.86. The molecular weight excluding hydrogens is 252 g/mol. The van der Waals surface area contributed by atoms with E-state index in [1.54, 1.807) is 18.2 Å². The second kappa shape index (κ2) is 7.29. The number of nitrogen functional groups attached to an aromatic ring is 1. The lowest BCUT2D eigenvalue weighted by Crippen LogP contribution is -2.39. The van der Waals surface area contributed by atoms with E-state index >= 15 is 0 Å². The number of nitrogens with zero attached hydrogens (tertiary/aromatic N) is 1. The third-order valence-corrected chi connectivity index (χ3v) is 3.35. The third-order valence-electron chi connectivity index (χ3n) is 3.35. The fourth-order valence-corrected chi connectivity index (χ4v) is 2.33. The number of anilines is 1. The van der Waals surface area contributed by atoms with Crippen molar-refractivity contribution in [3.63, 3.8) is 0 Å². The van der Waals surface area contributed by atoms with Crippen molar-refractivity contribution in [1.82, 2.24) is 4.90 Å². The predicted molar refractivity (Wildman–Crippen MR) is 83.3 cm³/mol. The van der Waals surface area contributed by atoms with E-state index in [1.807, 2.05) is 0 Å². The summed E-state index contributed by atoms with van der Waals surface area (Å²) in [6.07, 6.45) is 0. The molecule has 0 radical (unpaired) electrons. The van der Waals surface area contributed by atoms with E-state index in [1.165, 1.54) is 6.92 Å². The molecule has 2 N–H and O–H groups in total. The van der Waals surface area contributed by atoms with Crippen molar-refractivity contribution in [3.8, 4) is 5.75 Å². The molecule has 0 saturated carbocycles. The summed E-state index contributed by atoms with van der Waals surface area (Å²) in [5, 5.41) is 0. The average molecular weight is 278 g/mol. The molecule has 1 rings (SSSR count). The average Bonchev–Trinajstić information content (AvgIpc) is 2.33. The summed E-state index contributed by atoms with van der Waals surface area (Å²) >= 11 is 0. The summed E-state index contributed by atoms with van der Waals surface area (Å²) in [6.45, 7) is 11.7. The van der Waals surface area contributed by atoms with Gasteiger partial charge in [0, 0.05) is 35.9 Å². The van der Waals surface area contributed by atoms with Crippen LogP contribution < -0.4 is 10.5 Å². The van der Waals surface area contributed by atoms with Gasteiger partial charge in [0.15, 0.2) is 5.78 Å². The van der Waals surface area contributed by atoms with Crippen LogP contribution in [0.1, 0.15) is 45.0 Å². The first-order valence-electron chi connectivity index (χ1n) is 7.12. The van der Waals surface area contributed by atoms with Crippen LogP contribution in [0.3, 0.4) is 0 Å². The van der Waals surface area contributed by atoms with Crippen molar-refractivity contribution in [2.24, 2.45) is 0 Å². The molecule has 0 fully saturated rings. The maximum atomic E-state index is 11.3. The molecule has 0 aliphatic rings. The second-order valence-corrected chi connectivity index (χ2v) is 5.58. The minimum Gasteiger partial charge on any atom is -0.492 e. The Labute approximate surface area is 121 Å². The Morgan fingerprint density at radius 2 is 1.85 bits per heavy atom. The molecule has 0 aliphatic carbocycles. The molecule has 0 unspecified atom stereocenters. The monoisotopic (exact) mass is 278 g/mol. The Balaban J connectivity index is 2.58. The number of ether oxygens (including phenoxy) is 1. The standard InChI is InChI=1S/C16H26N2O2/c1-11(2)18(12(3)4)8-9-20-14-6-7-15(13(5)19)16(17)10-14/h6-7,10-12H,8-9,17H2,1-5H3. The normalized spacial score (nSPS) is 11.4. The smallest absolute Gasteiger partial charge is 0.161 e. The molecule has 0 heterocycles. The van der Waals surface area contributed by atoms with Crippen molar-refractivity contribution >= 4 is 11.5 Å². The van der Waals surface area contributed by atoms with Crippen LogP contribution in [0.15, 0.2) is 18.2 Å². The van der Waals surface area contributed by atoms with Crippen molar-refractivity contribution in [2.75, 3.05) is 18.9 Å². The summed E-state index contributed by atoms with van der Waals surface area (Å²) in [4.78, 5) is 13.7. The summed E-state index contributed by atoms with van der Waals surface area (Å²) < 4.78 is 5.72. The van der Waals surface area contributed by atoms with Crippen molar-refractivity contribution in [1.29, 1.82) is 0 Å². The zero-order valence-corrected chi connectivity index (χ0v) is 13.1. The molecule has 0 amide bonds. The van der Waals surface area contributed by atoms with Crippen molar-refractivity contribution < 1.29 is 9.53 Å². The molecule has 0 aromatic heterocycles. The second-order valence-electron chi connectivity index (χ2n) is 5.58. The summed E-state index contributed by atoms with van der Waals surface area (Å²) in [7, 11) is 0. The highest BCUT2D eigenvalue weighted by Crippen LogP contribution is 2.20. The van der Waals surface area contributed by atoms with Crippen LogP contribution in [0, 0.1) is 0 Å². The molecule has 4 nitrogen and oxygen atoms in total. The lowest BCUT2D eigenvalue weighted by molar-refractivity contribution is 0.101. The molecule has 4 heteroatoms. The molecular formula is C16H26N2O2. The van der Waals surface area contributed by atoms with Gasteiger partial charge in [0.25, 0.3) is 0 Å². The topological polar surface area (TPSA) is 55.6 Å². The Morgan fingerprint density at radius 3 is 2.30 bits per heavy atom. The van der Waals surface area contributed by atoms with Crippen LogP contribution in [0.2, 0.25) is 0 Å². The largest absolute Gasteiger partial charge is 0.492 e. The van der Waals surface area contributed by atoms with E-state index in [9.17, 15) is 4.79 Å². The van der Waals surface area contributed by atoms with Gasteiger partial charge < -0.3 is 10.5 Å². The number of hydrogen-bond donors (Lipinski definition) is 1. The minimum atomic E-state index is -0.0279. The Hall–Kier alpha value is -1.55. The van der Waals surface area contributed by atoms with E-state index in [2.05, 4.69) is 32.6 Å². The van der Waals surface area contributed by atoms with Crippen LogP contribution in [0.25, 0.3) is 0 Å². The fraction of sp³-hybridized carbons (Fsp3) is 0.562. The van der Waals surface area contributed by atoms with Crippen LogP contribution in [-0.2, 0) is 0 Å². The molecule has 0 bridgehead atoms. The van der Waals surface area contributed by atoms with Gasteiger partial charge in [0.05, 0.1) is 0 Å². The van der Waals surface area contributed by atoms with Gasteiger partial charge >= 0.3 is 0 Å². The van der Waals surface area contributed by atoms with Crippen molar-refractivity contribution in [3.05, 3.63) is 23.8 Å². The highest BCUT2D eigenvalue weighted by molar-refractivity contribution is 5.99. The number of hydrogen-bond acceptors (Lipinski definition) is 4. The zero-order valence-electron chi connectivity index (χ0n) is 13.1. The summed E-state index contributed by atoms with van der Waals surface area (Å²) in [6, 6.07) is 6.21. The first kappa shape index (κ1) is 16.5. The van der Waals surface area contributed by atoms with Gasteiger partial charge in [-0.1, -0.05) is 0 Å². The molecule has 0 spiro atoms. The lowest BCUT2D eigenvalue weighted by Gasteiger charge is -2.30. The number of rotatable bonds is 7. The van der Waals surface area contributed by atoms with E-state index < -0.39 is 0 Å². The van der Waals surface area contributed by atoms with Gasteiger partial charge in [-0.15, -0.1) is 0 Å². The first-order valence-corrected chi connectivity index (χ1v) is 7.12. The van der Waals surface area contributed by atoms with Crippen LogP contribution in [0.4, 0.5) is 5.69 Å². The van der Waals surface area contributed by atoms with Gasteiger partial charge in [0.1, 0.15) is 12.4 Å². The zero-order chi connectivity index (χ0) is 15.3. The van der Waals surface area contributed by atoms with E-state index in [0.29, 0.717) is 35.7 Å². The molecule has 0 aliphatic heterocycles. The maximum absolute atomic E-state index is 11.3. The van der Waals surface area contributed by atoms with E-state index in [0.717, 1.165) is 6.54 Å². The van der Waals surface area contributed by atoms with Crippen LogP contribution >= 0.6 is 0 Å². The highest BCUT2D eigenvalue weighted by atomic mass is 16.5. The Kier molecular flexibility index (Phi) is 6.02. The quantitative estimate of drug-likeness (QED) is 0.615. The predicted octanol–water partition coefficient (Wildman–Crippen LogP) is 2.97. The van der Waals surface area contributed by atoms with Gasteiger partial charge in [-0.05, 0) is 46.8 Å². The van der Waals surface area contributed by atoms with Crippen LogP contribution in [0.5, 0.6) is 5.75 Å². The molecule has 112 valence electrons. The number of carbonyl (C=O) groups excluding carboxylic acids is 1. The number of ketones is 1. The SMILES string of the molecule is CC(=O)c1ccc(OCCN(C(C)C)C(C)C)cc1N. The molecule has 0 atom stereocenters. The molecule has 1 aromatic carbocycles. The van der Waals surface area contributed by atoms with Gasteiger partial charge in [-0.3, -0.25) is 9.69 Å². The van der Waals surface area contributed by atoms with Gasteiger partial charge in [0.2, 0.25) is 0 Å². The third kappa shape index (κ3) is 4.53. The van der Waals surface area contributed by atoms with Crippen LogP contribution in [-0.4, -0.2) is 35.9 Å². The van der Waals surface area contributed by atoms with E-state index in [4.69, 9.17) is 10.5 Å². The molecule has 20 heavy (non-hydrogen) atoms. The number of carbonyl (C=O) groups is 1. The van der Waals surface area contributed by atoms with Crippen molar-refractivity contribution in [2.45, 2.75) is 46.7 Å². The molecule has 1 aromatic rings. The number of benzene rings is 1. The van der Waals surface area contributed by atoms with E-state index in [-0.39, 0.29) is 5.78 Å². The number of nitrogens with two attached hydrogens (primary N) is 1. The Bertz CT molecular complexity index is 448. The Morgan fingerprint density at radius 1 is 1.25 bits per heavy atom.